The highest BCUT2D eigenvalue weighted by Gasteiger charge is 2.32. The maximum atomic E-state index is 6.97. The molecule has 272 valence electrons. The van der Waals surface area contributed by atoms with E-state index in [1.54, 1.807) is 9.75 Å². The van der Waals surface area contributed by atoms with Crippen LogP contribution in [-0.2, 0) is 17.0 Å². The zero-order valence-corrected chi connectivity index (χ0v) is 36.6. The van der Waals surface area contributed by atoms with E-state index in [-0.39, 0.29) is 0 Å². The molecule has 4 heterocycles. The van der Waals surface area contributed by atoms with Gasteiger partial charge in [0, 0.05) is 29.3 Å². The molecule has 0 saturated carbocycles. The summed E-state index contributed by atoms with van der Waals surface area (Å²) in [4.78, 5) is 8.83. The smallest absolute Gasteiger partial charge is 0.173 e. The van der Waals surface area contributed by atoms with E-state index >= 15 is 0 Å². The van der Waals surface area contributed by atoms with Crippen LogP contribution in [-0.4, -0.2) is 16.6 Å². The van der Waals surface area contributed by atoms with Crippen LogP contribution in [0.1, 0.15) is 125 Å². The Morgan fingerprint density at radius 3 is 1.10 bits per heavy atom. The van der Waals surface area contributed by atoms with Gasteiger partial charge < -0.3 is 4.12 Å². The Balaban J connectivity index is 0.896. The largest absolute Gasteiger partial charge is 0.455 e. The summed E-state index contributed by atoms with van der Waals surface area (Å²) in [7, 11) is -3.08. The first-order valence-electron chi connectivity index (χ1n) is 19.8. The second-order valence-electron chi connectivity index (χ2n) is 15.5. The normalized spacial score (nSPS) is 12.3. The van der Waals surface area contributed by atoms with E-state index in [0.717, 1.165) is 0 Å². The number of hydrogen-bond acceptors (Lipinski definition) is 5. The molecule has 4 rings (SSSR count). The highest BCUT2D eigenvalue weighted by Crippen LogP contribution is 2.33. The quantitative estimate of drug-likeness (QED) is 0.0413. The molecule has 0 atom stereocenters. The Labute approximate surface area is 319 Å². The molecular formula is C42H66OS4Si2. The molecule has 0 amide bonds. The Morgan fingerprint density at radius 2 is 0.755 bits per heavy atom. The van der Waals surface area contributed by atoms with Crippen molar-refractivity contribution in [2.75, 3.05) is 0 Å². The van der Waals surface area contributed by atoms with Gasteiger partial charge in [-0.25, -0.2) is 0 Å². The molecule has 0 radical (unpaired) electrons. The minimum Gasteiger partial charge on any atom is -0.455 e. The standard InChI is InChI=1S/C42H66OS4Si2/c1-48(2,35-21-17-13-9-5-7-11-15-19-25-37-29-31-41(46-37)39-27-23-33-44-39)43-49(3,4)36-22-18-14-10-6-8-12-16-20-26-38-30-32-42(47-38)40-28-24-34-45-40/h23-24,27-34H,5-22,25-26,35-36H2,1-4H3. The lowest BCUT2D eigenvalue weighted by Gasteiger charge is -2.34. The van der Waals surface area contributed by atoms with Crippen LogP contribution in [0, 0.1) is 0 Å². The fourth-order valence-electron chi connectivity index (χ4n) is 7.15. The number of thiophene rings is 4. The van der Waals surface area contributed by atoms with Crippen molar-refractivity contribution in [1.29, 1.82) is 0 Å². The van der Waals surface area contributed by atoms with Gasteiger partial charge in [-0.1, -0.05) is 115 Å². The van der Waals surface area contributed by atoms with Crippen molar-refractivity contribution in [1.82, 2.24) is 0 Å². The molecule has 1 nitrogen and oxygen atoms in total. The van der Waals surface area contributed by atoms with Gasteiger partial charge in [-0.05, 0) is 111 Å². The van der Waals surface area contributed by atoms with Crippen molar-refractivity contribution in [3.8, 4) is 19.5 Å². The Hall–Kier alpha value is -0.806. The Bertz CT molecular complexity index is 1260. The van der Waals surface area contributed by atoms with Crippen molar-refractivity contribution >= 4 is 62.0 Å². The second kappa shape index (κ2) is 23.0. The van der Waals surface area contributed by atoms with Crippen molar-refractivity contribution < 1.29 is 4.12 Å². The lowest BCUT2D eigenvalue weighted by molar-refractivity contribution is 0.515. The Kier molecular flexibility index (Phi) is 19.2. The van der Waals surface area contributed by atoms with Crippen molar-refractivity contribution in [2.45, 2.75) is 167 Å². The van der Waals surface area contributed by atoms with Crippen LogP contribution >= 0.6 is 45.3 Å². The first kappa shape index (κ1) is 41.0. The molecule has 4 aromatic rings. The predicted octanol–water partition coefficient (Wildman–Crippen LogP) is 16.5. The fraction of sp³-hybridized carbons (Fsp3) is 0.619. The average molecular weight is 771 g/mol. The van der Waals surface area contributed by atoms with Gasteiger partial charge in [-0.15, -0.1) is 45.3 Å². The van der Waals surface area contributed by atoms with Gasteiger partial charge in [0.15, 0.2) is 16.6 Å². The van der Waals surface area contributed by atoms with Gasteiger partial charge in [-0.2, -0.15) is 0 Å². The maximum absolute atomic E-state index is 6.97. The highest BCUT2D eigenvalue weighted by molar-refractivity contribution is 7.21. The summed E-state index contributed by atoms with van der Waals surface area (Å²) in [5.74, 6) is 0. The summed E-state index contributed by atoms with van der Waals surface area (Å²) in [6.07, 6.45) is 27.7. The summed E-state index contributed by atoms with van der Waals surface area (Å²) in [5.41, 5.74) is 0. The molecule has 0 bridgehead atoms. The predicted molar refractivity (Wildman–Crippen MR) is 231 cm³/mol. The molecule has 0 saturated heterocycles. The summed E-state index contributed by atoms with van der Waals surface area (Å²) in [6, 6.07) is 20.8. The molecule has 0 aliphatic heterocycles. The van der Waals surface area contributed by atoms with E-state index in [9.17, 15) is 0 Å². The SMILES string of the molecule is C[Si](C)(CCCCCCCCCCCc1ccc(-c2cccs2)s1)O[Si](C)(C)CCCCCCCCCCCc1ccc(-c2cccs2)s1. The number of rotatable bonds is 28. The number of unbranched alkanes of at least 4 members (excludes halogenated alkanes) is 16. The lowest BCUT2D eigenvalue weighted by atomic mass is 10.1. The first-order valence-corrected chi connectivity index (χ1v) is 29.4. The highest BCUT2D eigenvalue weighted by atomic mass is 32.1. The molecule has 7 heteroatoms. The molecule has 0 aromatic carbocycles. The first-order chi connectivity index (χ1) is 23.8. The Morgan fingerprint density at radius 1 is 0.408 bits per heavy atom. The topological polar surface area (TPSA) is 9.23 Å². The minimum absolute atomic E-state index is 1.26. The molecule has 0 aliphatic rings. The summed E-state index contributed by atoms with van der Waals surface area (Å²) >= 11 is 7.68. The van der Waals surface area contributed by atoms with Crippen LogP contribution in [0.5, 0.6) is 0 Å². The van der Waals surface area contributed by atoms with Crippen LogP contribution in [0.15, 0.2) is 59.3 Å². The van der Waals surface area contributed by atoms with Crippen LogP contribution in [0.25, 0.3) is 19.5 Å². The third kappa shape index (κ3) is 17.0. The van der Waals surface area contributed by atoms with E-state index in [4.69, 9.17) is 4.12 Å². The monoisotopic (exact) mass is 770 g/mol. The molecule has 0 N–H and O–H groups in total. The number of hydrogen-bond donors (Lipinski definition) is 0. The lowest BCUT2D eigenvalue weighted by Crippen LogP contribution is -2.44. The summed E-state index contributed by atoms with van der Waals surface area (Å²) in [6.45, 7) is 9.96. The molecule has 0 spiro atoms. The average Bonchev–Trinajstić information content (AvgIpc) is 3.89. The van der Waals surface area contributed by atoms with Gasteiger partial charge in [0.2, 0.25) is 0 Å². The van der Waals surface area contributed by atoms with Crippen LogP contribution in [0.2, 0.25) is 38.3 Å². The molecule has 0 fully saturated rings. The zero-order chi connectivity index (χ0) is 34.6. The van der Waals surface area contributed by atoms with Crippen molar-refractivity contribution in [3.63, 3.8) is 0 Å². The summed E-state index contributed by atoms with van der Waals surface area (Å²) < 4.78 is 6.97. The fourth-order valence-corrected chi connectivity index (χ4v) is 19.9. The van der Waals surface area contributed by atoms with E-state index < -0.39 is 16.6 Å². The second-order valence-corrected chi connectivity index (χ2v) is 28.6. The van der Waals surface area contributed by atoms with Gasteiger partial charge in [0.05, 0.1) is 0 Å². The van der Waals surface area contributed by atoms with Gasteiger partial charge in [0.1, 0.15) is 0 Å². The van der Waals surface area contributed by atoms with Crippen LogP contribution in [0.4, 0.5) is 0 Å². The van der Waals surface area contributed by atoms with Crippen molar-refractivity contribution in [2.24, 2.45) is 0 Å². The molecule has 0 aliphatic carbocycles. The maximum Gasteiger partial charge on any atom is 0.173 e. The van der Waals surface area contributed by atoms with Crippen LogP contribution in [0.3, 0.4) is 0 Å². The van der Waals surface area contributed by atoms with Gasteiger partial charge >= 0.3 is 0 Å². The number of aryl methyl sites for hydroxylation is 2. The molecular weight excluding hydrogens is 705 g/mol. The molecule has 49 heavy (non-hydrogen) atoms. The van der Waals surface area contributed by atoms with E-state index in [1.807, 2.05) is 45.3 Å². The van der Waals surface area contributed by atoms with Gasteiger partial charge in [-0.3, -0.25) is 0 Å². The van der Waals surface area contributed by atoms with E-state index in [2.05, 4.69) is 85.5 Å². The van der Waals surface area contributed by atoms with E-state index in [0.29, 0.717) is 0 Å². The zero-order valence-electron chi connectivity index (χ0n) is 31.4. The van der Waals surface area contributed by atoms with Gasteiger partial charge in [0.25, 0.3) is 0 Å². The third-order valence-electron chi connectivity index (χ3n) is 9.81. The molecule has 0 unspecified atom stereocenters. The molecule has 4 aromatic heterocycles. The third-order valence-corrected chi connectivity index (χ3v) is 21.8. The minimum atomic E-state index is -1.54. The summed E-state index contributed by atoms with van der Waals surface area (Å²) in [5, 5.41) is 4.35. The van der Waals surface area contributed by atoms with E-state index in [1.165, 1.54) is 160 Å². The van der Waals surface area contributed by atoms with Crippen LogP contribution < -0.4 is 0 Å². The van der Waals surface area contributed by atoms with Crippen molar-refractivity contribution in [3.05, 3.63) is 69.0 Å².